The van der Waals surface area contributed by atoms with Crippen LogP contribution in [0.2, 0.25) is 0 Å². The maximum absolute atomic E-state index is 12.7. The second-order valence-electron chi connectivity index (χ2n) is 6.92. The fraction of sp³-hybridized carbons (Fsp3) is 0. The van der Waals surface area contributed by atoms with Crippen molar-refractivity contribution in [3.05, 3.63) is 107 Å². The minimum absolute atomic E-state index is 0.209. The van der Waals surface area contributed by atoms with Crippen LogP contribution < -0.4 is 10.9 Å². The van der Waals surface area contributed by atoms with Crippen LogP contribution in [0.25, 0.3) is 33.1 Å². The predicted octanol–water partition coefficient (Wildman–Crippen LogP) is 5.26. The van der Waals surface area contributed by atoms with E-state index in [1.54, 1.807) is 48.5 Å². The first kappa shape index (κ1) is 17.8. The van der Waals surface area contributed by atoms with E-state index in [0.717, 1.165) is 10.8 Å². The lowest BCUT2D eigenvalue weighted by atomic mass is 10.1. The Balaban J connectivity index is 1.46. The average Bonchev–Trinajstić information content (AvgIpc) is 2.79. The Morgan fingerprint density at radius 3 is 2.50 bits per heavy atom. The number of hydrogen-bond donors (Lipinski definition) is 1. The Morgan fingerprint density at radius 1 is 0.800 bits per heavy atom. The molecule has 5 nitrogen and oxygen atoms in total. The number of rotatable bonds is 3. The van der Waals surface area contributed by atoms with E-state index in [1.807, 2.05) is 42.5 Å². The number of amides is 1. The molecule has 0 bridgehead atoms. The maximum Gasteiger partial charge on any atom is 0.347 e. The highest BCUT2D eigenvalue weighted by Gasteiger charge is 2.11. The normalized spacial score (nSPS) is 10.9. The molecule has 0 radical (unpaired) electrons. The molecular formula is C25H16N2O3. The van der Waals surface area contributed by atoms with Gasteiger partial charge in [0.15, 0.2) is 0 Å². The first-order valence-corrected chi connectivity index (χ1v) is 9.48. The fourth-order valence-corrected chi connectivity index (χ4v) is 3.41. The number of anilines is 1. The zero-order valence-corrected chi connectivity index (χ0v) is 15.8. The van der Waals surface area contributed by atoms with Crippen molar-refractivity contribution < 1.29 is 9.21 Å². The number of nitrogens with zero attached hydrogens (tertiary/aromatic N) is 1. The number of fused-ring (bicyclic) bond motifs is 2. The minimum Gasteiger partial charge on any atom is -0.403 e. The van der Waals surface area contributed by atoms with Gasteiger partial charge in [0.2, 0.25) is 5.89 Å². The van der Waals surface area contributed by atoms with Gasteiger partial charge in [-0.1, -0.05) is 48.5 Å². The van der Waals surface area contributed by atoms with Gasteiger partial charge in [-0.25, -0.2) is 9.78 Å². The smallest absolute Gasteiger partial charge is 0.347 e. The molecule has 1 N–H and O–H groups in total. The Morgan fingerprint density at radius 2 is 1.60 bits per heavy atom. The van der Waals surface area contributed by atoms with E-state index < -0.39 is 5.63 Å². The zero-order valence-electron chi connectivity index (χ0n) is 15.8. The summed E-state index contributed by atoms with van der Waals surface area (Å²) < 4.78 is 5.39. The molecule has 30 heavy (non-hydrogen) atoms. The summed E-state index contributed by atoms with van der Waals surface area (Å²) in [5.74, 6) is -0.00803. The summed E-state index contributed by atoms with van der Waals surface area (Å²) in [6.07, 6.45) is 0. The lowest BCUT2D eigenvalue weighted by Gasteiger charge is -2.08. The summed E-state index contributed by atoms with van der Waals surface area (Å²) >= 11 is 0. The summed E-state index contributed by atoms with van der Waals surface area (Å²) in [5, 5.41) is 5.41. The van der Waals surface area contributed by atoms with Gasteiger partial charge in [0.25, 0.3) is 5.91 Å². The highest BCUT2D eigenvalue weighted by molar-refractivity contribution is 6.06. The van der Waals surface area contributed by atoms with Gasteiger partial charge in [-0.3, -0.25) is 4.79 Å². The first-order chi connectivity index (χ1) is 14.7. The van der Waals surface area contributed by atoms with Crippen LogP contribution in [0.3, 0.4) is 0 Å². The second-order valence-corrected chi connectivity index (χ2v) is 6.92. The second kappa shape index (κ2) is 7.29. The van der Waals surface area contributed by atoms with Crippen LogP contribution in [0.1, 0.15) is 10.4 Å². The molecule has 0 atom stereocenters. The van der Waals surface area contributed by atoms with E-state index in [2.05, 4.69) is 10.3 Å². The third kappa shape index (κ3) is 3.33. The molecule has 1 heterocycles. The Kier molecular flexibility index (Phi) is 4.33. The van der Waals surface area contributed by atoms with Crippen molar-refractivity contribution >= 4 is 33.3 Å². The number of aromatic nitrogens is 1. The third-order valence-electron chi connectivity index (χ3n) is 4.91. The molecule has 0 aliphatic rings. The van der Waals surface area contributed by atoms with Gasteiger partial charge < -0.3 is 9.73 Å². The molecule has 0 saturated heterocycles. The number of para-hydroxylation sites is 1. The molecule has 0 fully saturated rings. The summed E-state index contributed by atoms with van der Waals surface area (Å²) in [5.41, 5.74) is 1.88. The van der Waals surface area contributed by atoms with E-state index in [-0.39, 0.29) is 11.8 Å². The molecule has 5 rings (SSSR count). The monoisotopic (exact) mass is 392 g/mol. The van der Waals surface area contributed by atoms with Crippen molar-refractivity contribution in [1.82, 2.24) is 4.98 Å². The molecule has 0 aliphatic heterocycles. The molecule has 1 amide bonds. The number of benzene rings is 4. The standard InChI is InChI=1S/C25H16N2O3/c28-23(18-13-12-16-6-1-2-7-17(16)14-18)26-20-9-5-8-19(15-20)24-27-22-11-4-3-10-21(22)25(29)30-24/h1-15H,(H,26,28). The van der Waals surface area contributed by atoms with Crippen molar-refractivity contribution in [2.45, 2.75) is 0 Å². The van der Waals surface area contributed by atoms with E-state index in [0.29, 0.717) is 27.7 Å². The number of nitrogens with one attached hydrogen (secondary N) is 1. The van der Waals surface area contributed by atoms with Crippen LogP contribution in [0.5, 0.6) is 0 Å². The third-order valence-corrected chi connectivity index (χ3v) is 4.91. The Bertz CT molecular complexity index is 1470. The van der Waals surface area contributed by atoms with Gasteiger partial charge in [0.1, 0.15) is 0 Å². The molecule has 0 saturated carbocycles. The van der Waals surface area contributed by atoms with Crippen LogP contribution >= 0.6 is 0 Å². The number of carbonyl (C=O) groups excluding carboxylic acids is 1. The number of carbonyl (C=O) groups is 1. The van der Waals surface area contributed by atoms with Crippen molar-refractivity contribution in [1.29, 1.82) is 0 Å². The van der Waals surface area contributed by atoms with Crippen molar-refractivity contribution in [2.75, 3.05) is 5.32 Å². The first-order valence-electron chi connectivity index (χ1n) is 9.48. The van der Waals surface area contributed by atoms with Crippen LogP contribution in [-0.2, 0) is 0 Å². The van der Waals surface area contributed by atoms with Crippen LogP contribution in [0.4, 0.5) is 5.69 Å². The van der Waals surface area contributed by atoms with Gasteiger partial charge in [-0.05, 0) is 53.2 Å². The fourth-order valence-electron chi connectivity index (χ4n) is 3.41. The van der Waals surface area contributed by atoms with Crippen LogP contribution in [0, 0.1) is 0 Å². The maximum atomic E-state index is 12.7. The highest BCUT2D eigenvalue weighted by atomic mass is 16.4. The summed E-state index contributed by atoms with van der Waals surface area (Å²) in [6, 6.07) is 27.6. The van der Waals surface area contributed by atoms with Gasteiger partial charge in [-0.2, -0.15) is 0 Å². The molecule has 4 aromatic carbocycles. The molecule has 0 unspecified atom stereocenters. The van der Waals surface area contributed by atoms with Crippen molar-refractivity contribution in [2.24, 2.45) is 0 Å². The van der Waals surface area contributed by atoms with Gasteiger partial charge in [0, 0.05) is 16.8 Å². The minimum atomic E-state index is -0.443. The molecule has 144 valence electrons. The topological polar surface area (TPSA) is 72.2 Å². The summed E-state index contributed by atoms with van der Waals surface area (Å²) in [6.45, 7) is 0. The average molecular weight is 392 g/mol. The molecule has 1 aromatic heterocycles. The SMILES string of the molecule is O=C(Nc1cccc(-c2nc3ccccc3c(=O)o2)c1)c1ccc2ccccc2c1. The lowest BCUT2D eigenvalue weighted by Crippen LogP contribution is -2.11. The van der Waals surface area contributed by atoms with E-state index in [9.17, 15) is 9.59 Å². The molecular weight excluding hydrogens is 376 g/mol. The van der Waals surface area contributed by atoms with E-state index >= 15 is 0 Å². The molecule has 5 aromatic rings. The Labute approximate surface area is 171 Å². The zero-order chi connectivity index (χ0) is 20.5. The van der Waals surface area contributed by atoms with Gasteiger partial charge in [0.05, 0.1) is 10.9 Å². The summed E-state index contributed by atoms with van der Waals surface area (Å²) in [7, 11) is 0. The van der Waals surface area contributed by atoms with Crippen molar-refractivity contribution in [3.63, 3.8) is 0 Å². The van der Waals surface area contributed by atoms with E-state index in [1.165, 1.54) is 0 Å². The lowest BCUT2D eigenvalue weighted by molar-refractivity contribution is 0.102. The molecule has 0 spiro atoms. The Hall–Kier alpha value is -4.25. The molecule has 5 heteroatoms. The molecule has 0 aliphatic carbocycles. The van der Waals surface area contributed by atoms with Crippen LogP contribution in [-0.4, -0.2) is 10.9 Å². The predicted molar refractivity (Wildman–Crippen MR) is 118 cm³/mol. The van der Waals surface area contributed by atoms with E-state index in [4.69, 9.17) is 4.42 Å². The summed E-state index contributed by atoms with van der Waals surface area (Å²) in [4.78, 5) is 29.4. The quantitative estimate of drug-likeness (QED) is 0.455. The van der Waals surface area contributed by atoms with Gasteiger partial charge in [-0.15, -0.1) is 0 Å². The van der Waals surface area contributed by atoms with Crippen molar-refractivity contribution in [3.8, 4) is 11.5 Å². The highest BCUT2D eigenvalue weighted by Crippen LogP contribution is 2.23. The number of hydrogen-bond acceptors (Lipinski definition) is 4. The van der Waals surface area contributed by atoms with Gasteiger partial charge >= 0.3 is 5.63 Å². The largest absolute Gasteiger partial charge is 0.403 e. The van der Waals surface area contributed by atoms with Crippen LogP contribution in [0.15, 0.2) is 100 Å².